The van der Waals surface area contributed by atoms with E-state index in [0.29, 0.717) is 12.0 Å². The highest BCUT2D eigenvalue weighted by Crippen LogP contribution is 2.45. The van der Waals surface area contributed by atoms with Gasteiger partial charge in [0.2, 0.25) is 0 Å². The van der Waals surface area contributed by atoms with E-state index in [1.165, 1.54) is 0 Å². The van der Waals surface area contributed by atoms with Crippen LogP contribution in [0, 0.1) is 11.3 Å². The molecule has 0 radical (unpaired) electrons. The Bertz CT molecular complexity index is 324. The largest absolute Gasteiger partial charge is 0.377 e. The lowest BCUT2D eigenvalue weighted by atomic mass is 9.65. The van der Waals surface area contributed by atoms with Crippen LogP contribution in [-0.4, -0.2) is 49.8 Å². The highest BCUT2D eigenvalue weighted by molar-refractivity contribution is 5.82. The van der Waals surface area contributed by atoms with Gasteiger partial charge in [-0.2, -0.15) is 0 Å². The molecule has 18 heavy (non-hydrogen) atoms. The number of likely N-dealkylation sites (tertiary alicyclic amines) is 1. The monoisotopic (exact) mass is 253 g/mol. The molecule has 0 aromatic rings. The molecule has 0 unspecified atom stereocenters. The van der Waals surface area contributed by atoms with Crippen LogP contribution in [0.3, 0.4) is 0 Å². The summed E-state index contributed by atoms with van der Waals surface area (Å²) < 4.78 is 4.91. The van der Waals surface area contributed by atoms with Crippen molar-refractivity contribution in [3.05, 3.63) is 0 Å². The van der Waals surface area contributed by atoms with Gasteiger partial charge in [0.25, 0.3) is 0 Å². The molecule has 0 bridgehead atoms. The maximum atomic E-state index is 11.7. The number of carbonyl (C=O) groups is 2. The van der Waals surface area contributed by atoms with Gasteiger partial charge >= 0.3 is 0 Å². The molecule has 1 aliphatic heterocycles. The highest BCUT2D eigenvalue weighted by Gasteiger charge is 2.45. The van der Waals surface area contributed by atoms with Crippen LogP contribution in [0.4, 0.5) is 0 Å². The van der Waals surface area contributed by atoms with Crippen molar-refractivity contribution in [3.8, 4) is 0 Å². The molecule has 1 saturated carbocycles. The van der Waals surface area contributed by atoms with Crippen molar-refractivity contribution in [1.82, 2.24) is 4.90 Å². The third-order valence-electron chi connectivity index (χ3n) is 4.35. The molecular formula is C14H23NO3. The second kappa shape index (κ2) is 5.49. The number of Topliss-reactive ketones (excluding diaryl/α,β-unsaturated/α-hetero) is 2. The molecule has 1 spiro atoms. The van der Waals surface area contributed by atoms with Crippen molar-refractivity contribution in [3.63, 3.8) is 0 Å². The molecule has 2 fully saturated rings. The summed E-state index contributed by atoms with van der Waals surface area (Å²) >= 11 is 0. The lowest BCUT2D eigenvalue weighted by Gasteiger charge is -2.53. The van der Waals surface area contributed by atoms with Gasteiger partial charge in [-0.25, -0.2) is 0 Å². The van der Waals surface area contributed by atoms with Crippen molar-refractivity contribution in [2.45, 2.75) is 32.6 Å². The van der Waals surface area contributed by atoms with E-state index < -0.39 is 0 Å². The number of hydrogen-bond donors (Lipinski definition) is 0. The zero-order chi connectivity index (χ0) is 13.2. The van der Waals surface area contributed by atoms with E-state index in [4.69, 9.17) is 4.74 Å². The fourth-order valence-electron chi connectivity index (χ4n) is 3.46. The molecule has 0 aromatic heterocycles. The van der Waals surface area contributed by atoms with E-state index in [-0.39, 0.29) is 24.1 Å². The minimum absolute atomic E-state index is 0.206. The summed E-state index contributed by atoms with van der Waals surface area (Å²) in [6.07, 6.45) is 4.25. The van der Waals surface area contributed by atoms with Crippen molar-refractivity contribution in [2.24, 2.45) is 11.3 Å². The maximum absolute atomic E-state index is 11.7. The molecule has 2 aliphatic rings. The summed E-state index contributed by atoms with van der Waals surface area (Å²) in [5, 5.41) is 0. The first-order valence-electron chi connectivity index (χ1n) is 6.78. The van der Waals surface area contributed by atoms with Gasteiger partial charge < -0.3 is 4.74 Å². The van der Waals surface area contributed by atoms with E-state index in [2.05, 4.69) is 4.90 Å². The molecule has 1 aliphatic carbocycles. The van der Waals surface area contributed by atoms with Gasteiger partial charge in [0, 0.05) is 26.1 Å². The van der Waals surface area contributed by atoms with Crippen LogP contribution in [0.5, 0.6) is 0 Å². The molecule has 0 aromatic carbocycles. The van der Waals surface area contributed by atoms with E-state index in [9.17, 15) is 9.59 Å². The predicted molar refractivity (Wildman–Crippen MR) is 68.4 cm³/mol. The number of nitrogens with zero attached hydrogens (tertiary/aromatic N) is 1. The van der Waals surface area contributed by atoms with Crippen LogP contribution in [0.1, 0.15) is 32.6 Å². The molecule has 1 saturated heterocycles. The standard InChI is InChI=1S/C14H23NO3/c1-11(16)7-15-9-14(10-15)5-3-12(4-6-14)13(17)8-18-2/h12H,3-10H2,1-2H3. The predicted octanol–water partition coefficient (Wildman–Crippen LogP) is 1.28. The molecule has 2 rings (SSSR count). The van der Waals surface area contributed by atoms with E-state index in [1.807, 2.05) is 0 Å². The zero-order valence-electron chi connectivity index (χ0n) is 11.4. The van der Waals surface area contributed by atoms with Crippen LogP contribution in [0.2, 0.25) is 0 Å². The van der Waals surface area contributed by atoms with E-state index >= 15 is 0 Å². The van der Waals surface area contributed by atoms with Crippen molar-refractivity contribution in [1.29, 1.82) is 0 Å². The molecular weight excluding hydrogens is 230 g/mol. The maximum Gasteiger partial charge on any atom is 0.161 e. The third-order valence-corrected chi connectivity index (χ3v) is 4.35. The second-order valence-corrected chi connectivity index (χ2v) is 6.02. The normalized spacial score (nSPS) is 23.9. The topological polar surface area (TPSA) is 46.6 Å². The third kappa shape index (κ3) is 2.98. The summed E-state index contributed by atoms with van der Waals surface area (Å²) in [6.45, 7) is 4.57. The van der Waals surface area contributed by atoms with E-state index in [0.717, 1.165) is 38.8 Å². The van der Waals surface area contributed by atoms with Gasteiger partial charge in [-0.15, -0.1) is 0 Å². The van der Waals surface area contributed by atoms with Crippen LogP contribution in [-0.2, 0) is 14.3 Å². The number of ketones is 2. The fourth-order valence-corrected chi connectivity index (χ4v) is 3.46. The Kier molecular flexibility index (Phi) is 4.17. The van der Waals surface area contributed by atoms with Crippen LogP contribution in [0.25, 0.3) is 0 Å². The summed E-state index contributed by atoms with van der Waals surface area (Å²) in [5.74, 6) is 0.707. The molecule has 4 nitrogen and oxygen atoms in total. The summed E-state index contributed by atoms with van der Waals surface area (Å²) in [5.41, 5.74) is 0.402. The number of carbonyl (C=O) groups excluding carboxylic acids is 2. The molecule has 102 valence electrons. The van der Waals surface area contributed by atoms with Gasteiger partial charge in [-0.05, 0) is 38.0 Å². The molecule has 1 heterocycles. The van der Waals surface area contributed by atoms with Crippen LogP contribution in [0.15, 0.2) is 0 Å². The Hall–Kier alpha value is -0.740. The van der Waals surface area contributed by atoms with Crippen molar-refractivity contribution < 1.29 is 14.3 Å². The van der Waals surface area contributed by atoms with Crippen molar-refractivity contribution >= 4 is 11.6 Å². The Balaban J connectivity index is 1.75. The number of hydrogen-bond acceptors (Lipinski definition) is 4. The minimum atomic E-state index is 0.206. The average Bonchev–Trinajstić information content (AvgIpc) is 2.27. The van der Waals surface area contributed by atoms with Crippen molar-refractivity contribution in [2.75, 3.05) is 33.4 Å². The van der Waals surface area contributed by atoms with Gasteiger partial charge in [0.05, 0.1) is 6.54 Å². The Morgan fingerprint density at radius 1 is 1.28 bits per heavy atom. The number of ether oxygens (including phenoxy) is 1. The smallest absolute Gasteiger partial charge is 0.161 e. The average molecular weight is 253 g/mol. The first kappa shape index (κ1) is 13.7. The summed E-state index contributed by atoms with van der Waals surface area (Å²) in [6, 6.07) is 0. The van der Waals surface area contributed by atoms with Gasteiger partial charge in [0.1, 0.15) is 12.4 Å². The fraction of sp³-hybridized carbons (Fsp3) is 0.857. The van der Waals surface area contributed by atoms with Gasteiger partial charge in [-0.3, -0.25) is 14.5 Å². The SMILES string of the molecule is COCC(=O)C1CCC2(CC1)CN(CC(C)=O)C2. The second-order valence-electron chi connectivity index (χ2n) is 6.02. The molecule has 0 amide bonds. The summed E-state index contributed by atoms with van der Waals surface area (Å²) in [4.78, 5) is 25.0. The lowest BCUT2D eigenvalue weighted by Crippen LogP contribution is -2.58. The van der Waals surface area contributed by atoms with Crippen LogP contribution < -0.4 is 0 Å². The minimum Gasteiger partial charge on any atom is -0.377 e. The zero-order valence-corrected chi connectivity index (χ0v) is 11.4. The molecule has 0 N–H and O–H groups in total. The number of rotatable bonds is 5. The molecule has 4 heteroatoms. The Morgan fingerprint density at radius 3 is 2.39 bits per heavy atom. The quantitative estimate of drug-likeness (QED) is 0.740. The first-order valence-corrected chi connectivity index (χ1v) is 6.78. The van der Waals surface area contributed by atoms with Gasteiger partial charge in [0.15, 0.2) is 5.78 Å². The molecule has 0 atom stereocenters. The Morgan fingerprint density at radius 2 is 1.89 bits per heavy atom. The Labute approximate surface area is 109 Å². The van der Waals surface area contributed by atoms with E-state index in [1.54, 1.807) is 14.0 Å². The van der Waals surface area contributed by atoms with Gasteiger partial charge in [-0.1, -0.05) is 0 Å². The number of methoxy groups -OCH3 is 1. The van der Waals surface area contributed by atoms with Crippen LogP contribution >= 0.6 is 0 Å². The first-order chi connectivity index (χ1) is 8.54. The lowest BCUT2D eigenvalue weighted by molar-refractivity contribution is -0.130. The summed E-state index contributed by atoms with van der Waals surface area (Å²) in [7, 11) is 1.58. The highest BCUT2D eigenvalue weighted by atomic mass is 16.5.